The minimum absolute atomic E-state index is 0.0190. The average Bonchev–Trinajstić information content (AvgIpc) is 2.81. The molecule has 0 spiro atoms. The summed E-state index contributed by atoms with van der Waals surface area (Å²) in [5, 5.41) is 0. The van der Waals surface area contributed by atoms with Crippen molar-refractivity contribution < 1.29 is 45.0 Å². The van der Waals surface area contributed by atoms with Gasteiger partial charge in [-0.15, -0.1) is 0 Å². The second-order valence-corrected chi connectivity index (χ2v) is 11.4. The summed E-state index contributed by atoms with van der Waals surface area (Å²) in [5.74, 6) is -1.60. The second-order valence-electron chi connectivity index (χ2n) is 9.52. The minimum atomic E-state index is -4.78. The summed E-state index contributed by atoms with van der Waals surface area (Å²) in [7, 11) is -4.23. The Morgan fingerprint density at radius 1 is 1.08 bits per heavy atom. The number of ketones is 1. The number of benzene rings is 2. The summed E-state index contributed by atoms with van der Waals surface area (Å²) < 4.78 is 91.5. The number of esters is 1. The minimum Gasteiger partial charge on any atom is -0.486 e. The van der Waals surface area contributed by atoms with Crippen LogP contribution >= 0.6 is 0 Å². The molecule has 0 saturated carbocycles. The first-order chi connectivity index (χ1) is 17.6. The van der Waals surface area contributed by atoms with Crippen LogP contribution in [0.4, 0.5) is 23.2 Å². The number of sulfonamides is 1. The van der Waals surface area contributed by atoms with Crippen LogP contribution in [0.25, 0.3) is 0 Å². The zero-order chi connectivity index (χ0) is 28.3. The van der Waals surface area contributed by atoms with Gasteiger partial charge in [0.15, 0.2) is 0 Å². The number of carbonyl (C=O) groups excluding carboxylic acids is 2. The van der Waals surface area contributed by atoms with E-state index in [0.29, 0.717) is 12.8 Å². The number of hydrogen-bond donors (Lipinski definition) is 0. The lowest BCUT2D eigenvalue weighted by Crippen LogP contribution is -2.44. The van der Waals surface area contributed by atoms with Crippen LogP contribution in [0.5, 0.6) is 5.75 Å². The van der Waals surface area contributed by atoms with Gasteiger partial charge in [-0.3, -0.25) is 13.9 Å². The van der Waals surface area contributed by atoms with Crippen molar-refractivity contribution in [2.75, 3.05) is 10.8 Å². The predicted octanol–water partition coefficient (Wildman–Crippen LogP) is 5.36. The molecule has 0 radical (unpaired) electrons. The second kappa shape index (κ2) is 11.3. The van der Waals surface area contributed by atoms with E-state index in [1.54, 1.807) is 0 Å². The lowest BCUT2D eigenvalue weighted by atomic mass is 10.1. The molecule has 208 valence electrons. The first-order valence-corrected chi connectivity index (χ1v) is 13.5. The molecule has 1 atom stereocenters. The maximum Gasteiger partial charge on any atom is 0.427 e. The average molecular weight is 560 g/mol. The fourth-order valence-corrected chi connectivity index (χ4v) is 5.35. The molecule has 38 heavy (non-hydrogen) atoms. The largest absolute Gasteiger partial charge is 0.486 e. The number of rotatable bonds is 10. The maximum absolute atomic E-state index is 13.5. The molecule has 0 saturated heterocycles. The van der Waals surface area contributed by atoms with Crippen molar-refractivity contribution in [1.82, 2.24) is 0 Å². The van der Waals surface area contributed by atoms with Gasteiger partial charge < -0.3 is 9.47 Å². The van der Waals surface area contributed by atoms with Gasteiger partial charge in [0.25, 0.3) is 10.0 Å². The standard InChI is InChI=1S/C26H29F4NO6S/c1-4-5-19(32)9-10-20-16-31(38(34,35)21-11-7-18(27)8-12-21)22-14-17(6-13-23(22)36-20)15-24(33)37-25(2,3)26(28,29)30/h6-8,11-14,20H,4-5,9-10,15-16H2,1-3H3/t20-/m0/s1. The molecule has 0 bridgehead atoms. The smallest absolute Gasteiger partial charge is 0.427 e. The Morgan fingerprint density at radius 2 is 1.74 bits per heavy atom. The molecule has 12 heteroatoms. The molecule has 0 aromatic heterocycles. The molecular formula is C26H29F4NO6S. The summed E-state index contributed by atoms with van der Waals surface area (Å²) >= 11 is 0. The van der Waals surface area contributed by atoms with Crippen LogP contribution < -0.4 is 9.04 Å². The van der Waals surface area contributed by atoms with Crippen LogP contribution in [-0.2, 0) is 30.8 Å². The molecule has 3 rings (SSSR count). The van der Waals surface area contributed by atoms with Crippen LogP contribution in [0.3, 0.4) is 0 Å². The van der Waals surface area contributed by atoms with E-state index in [4.69, 9.17) is 4.74 Å². The van der Waals surface area contributed by atoms with Crippen LogP contribution in [0.15, 0.2) is 47.4 Å². The molecule has 2 aromatic carbocycles. The van der Waals surface area contributed by atoms with Gasteiger partial charge in [-0.25, -0.2) is 12.8 Å². The van der Waals surface area contributed by atoms with Crippen LogP contribution in [0.2, 0.25) is 0 Å². The van der Waals surface area contributed by atoms with Gasteiger partial charge in [0.05, 0.1) is 23.5 Å². The Hall–Kier alpha value is -3.15. The topological polar surface area (TPSA) is 90.0 Å². The fraction of sp³-hybridized carbons (Fsp3) is 0.462. The van der Waals surface area contributed by atoms with Crippen molar-refractivity contribution in [1.29, 1.82) is 0 Å². The lowest BCUT2D eigenvalue weighted by Gasteiger charge is -2.36. The van der Waals surface area contributed by atoms with Crippen LogP contribution in [0, 0.1) is 5.82 Å². The third-order valence-electron chi connectivity index (χ3n) is 6.03. The number of Topliss-reactive ketones (excluding diaryl/α,β-unsaturated/α-hetero) is 1. The number of hydrogen-bond acceptors (Lipinski definition) is 6. The van der Waals surface area contributed by atoms with Crippen molar-refractivity contribution >= 4 is 27.5 Å². The normalized spacial score (nSPS) is 16.0. The van der Waals surface area contributed by atoms with Gasteiger partial charge in [0, 0.05) is 12.8 Å². The zero-order valence-electron chi connectivity index (χ0n) is 21.2. The maximum atomic E-state index is 13.5. The summed E-state index contributed by atoms with van der Waals surface area (Å²) in [6.07, 6.45) is -4.46. The van der Waals surface area contributed by atoms with Crippen molar-refractivity contribution in [3.8, 4) is 5.75 Å². The monoisotopic (exact) mass is 559 g/mol. The van der Waals surface area contributed by atoms with E-state index >= 15 is 0 Å². The van der Waals surface area contributed by atoms with Crippen molar-refractivity contribution in [2.45, 2.75) is 75.7 Å². The number of nitrogens with zero attached hydrogens (tertiary/aromatic N) is 1. The molecule has 1 heterocycles. The van der Waals surface area contributed by atoms with Gasteiger partial charge in [0.1, 0.15) is 23.5 Å². The number of ether oxygens (including phenoxy) is 2. The first kappa shape index (κ1) is 29.4. The van der Waals surface area contributed by atoms with E-state index in [1.165, 1.54) is 18.2 Å². The quantitative estimate of drug-likeness (QED) is 0.288. The van der Waals surface area contributed by atoms with Gasteiger partial charge in [0.2, 0.25) is 5.60 Å². The third-order valence-corrected chi connectivity index (χ3v) is 7.82. The molecule has 0 N–H and O–H groups in total. The van der Waals surface area contributed by atoms with E-state index in [9.17, 15) is 35.6 Å². The molecule has 1 aliphatic rings. The highest BCUT2D eigenvalue weighted by atomic mass is 32.2. The van der Waals surface area contributed by atoms with Gasteiger partial charge in [-0.1, -0.05) is 13.0 Å². The van der Waals surface area contributed by atoms with E-state index in [2.05, 4.69) is 4.74 Å². The zero-order valence-corrected chi connectivity index (χ0v) is 22.0. The van der Waals surface area contributed by atoms with Crippen molar-refractivity contribution in [2.24, 2.45) is 0 Å². The SMILES string of the molecule is CCCC(=O)CC[C@H]1CN(S(=O)(=O)c2ccc(F)cc2)c2cc(CC(=O)OC(C)(C)C(F)(F)F)ccc2O1. The molecule has 0 fully saturated rings. The first-order valence-electron chi connectivity index (χ1n) is 12.0. The Balaban J connectivity index is 1.92. The Labute approximate surface area is 218 Å². The van der Waals surface area contributed by atoms with Gasteiger partial charge in [-0.05, 0) is 68.7 Å². The summed E-state index contributed by atoms with van der Waals surface area (Å²) in [6.45, 7) is 3.17. The highest BCUT2D eigenvalue weighted by Gasteiger charge is 2.50. The summed E-state index contributed by atoms with van der Waals surface area (Å²) in [5.41, 5.74) is -2.45. The van der Waals surface area contributed by atoms with E-state index < -0.39 is 46.1 Å². The summed E-state index contributed by atoms with van der Waals surface area (Å²) in [6, 6.07) is 8.40. The molecule has 7 nitrogen and oxygen atoms in total. The van der Waals surface area contributed by atoms with Crippen LogP contribution in [0.1, 0.15) is 52.0 Å². The number of alkyl halides is 3. The number of halogens is 4. The number of anilines is 1. The van der Waals surface area contributed by atoms with Gasteiger partial charge >= 0.3 is 12.1 Å². The predicted molar refractivity (Wildman–Crippen MR) is 131 cm³/mol. The summed E-state index contributed by atoms with van der Waals surface area (Å²) in [4.78, 5) is 24.1. The molecular weight excluding hydrogens is 530 g/mol. The fourth-order valence-electron chi connectivity index (χ4n) is 3.85. The lowest BCUT2D eigenvalue weighted by molar-refractivity contribution is -0.257. The number of fused-ring (bicyclic) bond motifs is 1. The Bertz CT molecular complexity index is 1280. The van der Waals surface area contributed by atoms with Crippen molar-refractivity contribution in [3.63, 3.8) is 0 Å². The third kappa shape index (κ3) is 6.83. The molecule has 0 unspecified atom stereocenters. The van der Waals surface area contributed by atoms with Crippen LogP contribution in [-0.4, -0.2) is 44.6 Å². The number of carbonyl (C=O) groups is 2. The molecule has 0 amide bonds. The highest BCUT2D eigenvalue weighted by Crippen LogP contribution is 2.39. The highest BCUT2D eigenvalue weighted by molar-refractivity contribution is 7.92. The Morgan fingerprint density at radius 3 is 2.34 bits per heavy atom. The van der Waals surface area contributed by atoms with E-state index in [-0.39, 0.29) is 47.1 Å². The van der Waals surface area contributed by atoms with Gasteiger partial charge in [-0.2, -0.15) is 13.2 Å². The van der Waals surface area contributed by atoms with Crippen molar-refractivity contribution in [3.05, 3.63) is 53.8 Å². The molecule has 1 aliphatic heterocycles. The Kier molecular flexibility index (Phi) is 8.75. The molecule has 2 aromatic rings. The van der Waals surface area contributed by atoms with E-state index in [0.717, 1.165) is 42.4 Å². The molecule has 0 aliphatic carbocycles. The van der Waals surface area contributed by atoms with E-state index in [1.807, 2.05) is 6.92 Å².